The number of aryl methyl sites for hydroxylation is 1. The lowest BCUT2D eigenvalue weighted by Crippen LogP contribution is -2.27. The lowest BCUT2D eigenvalue weighted by atomic mass is 10.1. The standard InChI is InChI=1S/C25H28N2O5S/c1-18-9-10-21(15-24(18)33(29,30)27-17-19-7-5-4-6-8-19)25(28)26-14-13-20-11-12-22(31-2)16-23(20)32-3/h4-12,15-16,27H,13-14,17H2,1-3H3,(H,26,28). The molecule has 7 nitrogen and oxygen atoms in total. The number of nitrogens with one attached hydrogen (secondary N) is 2. The summed E-state index contributed by atoms with van der Waals surface area (Å²) in [5.41, 5.74) is 2.62. The van der Waals surface area contributed by atoms with E-state index in [0.717, 1.165) is 11.1 Å². The third kappa shape index (κ3) is 6.34. The minimum Gasteiger partial charge on any atom is -0.497 e. The molecule has 174 valence electrons. The molecule has 0 bridgehead atoms. The first-order valence-electron chi connectivity index (χ1n) is 10.5. The number of benzene rings is 3. The molecule has 0 aliphatic heterocycles. The molecule has 0 aromatic heterocycles. The molecule has 0 aliphatic carbocycles. The van der Waals surface area contributed by atoms with Crippen molar-refractivity contribution in [2.75, 3.05) is 20.8 Å². The van der Waals surface area contributed by atoms with Crippen LogP contribution in [-0.4, -0.2) is 35.1 Å². The number of carbonyl (C=O) groups excluding carboxylic acids is 1. The molecule has 0 radical (unpaired) electrons. The van der Waals surface area contributed by atoms with Crippen molar-refractivity contribution < 1.29 is 22.7 Å². The molecule has 0 spiro atoms. The Hall–Kier alpha value is -3.36. The first-order valence-corrected chi connectivity index (χ1v) is 12.0. The monoisotopic (exact) mass is 468 g/mol. The van der Waals surface area contributed by atoms with Gasteiger partial charge in [-0.15, -0.1) is 0 Å². The van der Waals surface area contributed by atoms with Crippen molar-refractivity contribution in [1.82, 2.24) is 10.0 Å². The number of rotatable bonds is 10. The van der Waals surface area contributed by atoms with Gasteiger partial charge in [0.25, 0.3) is 5.91 Å². The molecule has 1 amide bonds. The van der Waals surface area contributed by atoms with Crippen LogP contribution in [-0.2, 0) is 23.0 Å². The molecule has 0 atom stereocenters. The van der Waals surface area contributed by atoms with Crippen LogP contribution in [0.5, 0.6) is 11.5 Å². The van der Waals surface area contributed by atoms with E-state index in [4.69, 9.17) is 9.47 Å². The summed E-state index contributed by atoms with van der Waals surface area (Å²) in [7, 11) is -0.617. The lowest BCUT2D eigenvalue weighted by Gasteiger charge is -2.13. The molecule has 0 heterocycles. The van der Waals surface area contributed by atoms with Gasteiger partial charge in [-0.25, -0.2) is 13.1 Å². The van der Waals surface area contributed by atoms with Gasteiger partial charge in [-0.05, 0) is 48.2 Å². The van der Waals surface area contributed by atoms with Crippen LogP contribution < -0.4 is 19.5 Å². The van der Waals surface area contributed by atoms with Crippen LogP contribution >= 0.6 is 0 Å². The highest BCUT2D eigenvalue weighted by atomic mass is 32.2. The highest BCUT2D eigenvalue weighted by molar-refractivity contribution is 7.89. The van der Waals surface area contributed by atoms with E-state index < -0.39 is 10.0 Å². The summed E-state index contributed by atoms with van der Waals surface area (Å²) in [6, 6.07) is 19.4. The highest BCUT2D eigenvalue weighted by Gasteiger charge is 2.19. The van der Waals surface area contributed by atoms with Gasteiger partial charge in [-0.2, -0.15) is 0 Å². The van der Waals surface area contributed by atoms with Gasteiger partial charge in [-0.1, -0.05) is 42.5 Å². The molecule has 8 heteroatoms. The molecular formula is C25H28N2O5S. The van der Waals surface area contributed by atoms with E-state index >= 15 is 0 Å². The minimum atomic E-state index is -3.78. The van der Waals surface area contributed by atoms with Crippen molar-refractivity contribution in [2.45, 2.75) is 24.8 Å². The molecule has 0 aliphatic rings. The Kier molecular flexibility index (Phi) is 8.08. The van der Waals surface area contributed by atoms with E-state index in [9.17, 15) is 13.2 Å². The Morgan fingerprint density at radius 1 is 0.939 bits per heavy atom. The highest BCUT2D eigenvalue weighted by Crippen LogP contribution is 2.24. The summed E-state index contributed by atoms with van der Waals surface area (Å²) in [5.74, 6) is 1.02. The van der Waals surface area contributed by atoms with Crippen molar-refractivity contribution in [3.8, 4) is 11.5 Å². The molecule has 3 aromatic rings. The van der Waals surface area contributed by atoms with Crippen LogP contribution in [0.25, 0.3) is 0 Å². The zero-order valence-corrected chi connectivity index (χ0v) is 19.7. The smallest absolute Gasteiger partial charge is 0.251 e. The zero-order chi connectivity index (χ0) is 23.8. The van der Waals surface area contributed by atoms with Crippen LogP contribution in [0.4, 0.5) is 0 Å². The average Bonchev–Trinajstić information content (AvgIpc) is 2.83. The fourth-order valence-electron chi connectivity index (χ4n) is 3.35. The molecular weight excluding hydrogens is 440 g/mol. The summed E-state index contributed by atoms with van der Waals surface area (Å²) < 4.78 is 38.9. The Balaban J connectivity index is 1.66. The summed E-state index contributed by atoms with van der Waals surface area (Å²) in [5, 5.41) is 2.84. The lowest BCUT2D eigenvalue weighted by molar-refractivity contribution is 0.0954. The van der Waals surface area contributed by atoms with E-state index in [1.807, 2.05) is 42.5 Å². The molecule has 2 N–H and O–H groups in total. The predicted molar refractivity (Wildman–Crippen MR) is 127 cm³/mol. The van der Waals surface area contributed by atoms with Crippen LogP contribution in [0.3, 0.4) is 0 Å². The first-order chi connectivity index (χ1) is 15.8. The largest absolute Gasteiger partial charge is 0.497 e. The summed E-state index contributed by atoms with van der Waals surface area (Å²) in [6.07, 6.45) is 0.550. The van der Waals surface area contributed by atoms with Gasteiger partial charge in [0.15, 0.2) is 0 Å². The van der Waals surface area contributed by atoms with Crippen LogP contribution in [0.2, 0.25) is 0 Å². The Labute approximate surface area is 194 Å². The van der Waals surface area contributed by atoms with Crippen molar-refractivity contribution in [1.29, 1.82) is 0 Å². The summed E-state index contributed by atoms with van der Waals surface area (Å²) in [6.45, 7) is 2.24. The maximum Gasteiger partial charge on any atom is 0.251 e. The Bertz CT molecular complexity index is 1210. The van der Waals surface area contributed by atoms with Crippen LogP contribution in [0, 0.1) is 6.92 Å². The van der Waals surface area contributed by atoms with Crippen molar-refractivity contribution >= 4 is 15.9 Å². The van der Waals surface area contributed by atoms with E-state index in [-0.39, 0.29) is 22.9 Å². The number of amides is 1. The molecule has 0 saturated heterocycles. The third-order valence-electron chi connectivity index (χ3n) is 5.22. The van der Waals surface area contributed by atoms with Crippen molar-refractivity contribution in [2.24, 2.45) is 0 Å². The SMILES string of the molecule is COc1ccc(CCNC(=O)c2ccc(C)c(S(=O)(=O)NCc3ccccc3)c2)c(OC)c1. The average molecular weight is 469 g/mol. The third-order valence-corrected chi connectivity index (χ3v) is 6.77. The van der Waals surface area contributed by atoms with E-state index in [1.54, 1.807) is 39.3 Å². The molecule has 33 heavy (non-hydrogen) atoms. The number of hydrogen-bond donors (Lipinski definition) is 2. The predicted octanol–water partition coefficient (Wildman–Crippen LogP) is 3.46. The van der Waals surface area contributed by atoms with Crippen LogP contribution in [0.15, 0.2) is 71.6 Å². The normalized spacial score (nSPS) is 11.1. The maximum absolute atomic E-state index is 12.9. The van der Waals surface area contributed by atoms with Gasteiger partial charge in [-0.3, -0.25) is 4.79 Å². The zero-order valence-electron chi connectivity index (χ0n) is 18.9. The molecule has 0 saturated carbocycles. The maximum atomic E-state index is 12.9. The topological polar surface area (TPSA) is 93.7 Å². The fraction of sp³-hybridized carbons (Fsp3) is 0.240. The number of hydrogen-bond acceptors (Lipinski definition) is 5. The Morgan fingerprint density at radius 2 is 1.70 bits per heavy atom. The van der Waals surface area contributed by atoms with Gasteiger partial charge in [0, 0.05) is 24.7 Å². The number of methoxy groups -OCH3 is 2. The van der Waals surface area contributed by atoms with Gasteiger partial charge >= 0.3 is 0 Å². The summed E-state index contributed by atoms with van der Waals surface area (Å²) >= 11 is 0. The first kappa shape index (κ1) is 24.3. The quantitative estimate of drug-likeness (QED) is 0.475. The van der Waals surface area contributed by atoms with Gasteiger partial charge in [0.1, 0.15) is 11.5 Å². The number of carbonyl (C=O) groups is 1. The fourth-order valence-corrected chi connectivity index (χ4v) is 4.64. The van der Waals surface area contributed by atoms with Crippen molar-refractivity contribution in [3.05, 3.63) is 89.0 Å². The summed E-state index contributed by atoms with van der Waals surface area (Å²) in [4.78, 5) is 12.8. The van der Waals surface area contributed by atoms with Gasteiger partial charge < -0.3 is 14.8 Å². The second-order valence-corrected chi connectivity index (χ2v) is 9.21. The van der Waals surface area contributed by atoms with Gasteiger partial charge in [0.2, 0.25) is 10.0 Å². The van der Waals surface area contributed by atoms with Gasteiger partial charge in [0.05, 0.1) is 19.1 Å². The number of ether oxygens (including phenoxy) is 2. The van der Waals surface area contributed by atoms with Crippen LogP contribution in [0.1, 0.15) is 27.0 Å². The minimum absolute atomic E-state index is 0.0860. The van der Waals surface area contributed by atoms with E-state index in [0.29, 0.717) is 30.0 Å². The second kappa shape index (κ2) is 11.0. The van der Waals surface area contributed by atoms with Crippen molar-refractivity contribution in [3.63, 3.8) is 0 Å². The van der Waals surface area contributed by atoms with E-state index in [1.165, 1.54) is 6.07 Å². The molecule has 3 rings (SSSR count). The molecule has 0 unspecified atom stereocenters. The number of sulfonamides is 1. The second-order valence-electron chi connectivity index (χ2n) is 7.47. The van der Waals surface area contributed by atoms with E-state index in [2.05, 4.69) is 10.0 Å². The Morgan fingerprint density at radius 3 is 2.39 bits per heavy atom. The molecule has 3 aromatic carbocycles. The molecule has 0 fully saturated rings.